The highest BCUT2D eigenvalue weighted by Crippen LogP contribution is 2.36. The van der Waals surface area contributed by atoms with Crippen LogP contribution in [0.4, 0.5) is 0 Å². The zero-order chi connectivity index (χ0) is 19.1. The predicted molar refractivity (Wildman–Crippen MR) is 107 cm³/mol. The molecule has 1 fully saturated rings. The lowest BCUT2D eigenvalue weighted by Crippen LogP contribution is -2.51. The minimum absolute atomic E-state index is 0.0961. The maximum Gasteiger partial charge on any atom is 0.226 e. The van der Waals surface area contributed by atoms with Gasteiger partial charge in [-0.25, -0.2) is 0 Å². The van der Waals surface area contributed by atoms with Crippen molar-refractivity contribution in [3.63, 3.8) is 0 Å². The number of benzene rings is 2. The summed E-state index contributed by atoms with van der Waals surface area (Å²) in [5.41, 5.74) is 1.81. The Kier molecular flexibility index (Phi) is 6.28. The summed E-state index contributed by atoms with van der Waals surface area (Å²) in [6.45, 7) is 3.73. The lowest BCUT2D eigenvalue weighted by Gasteiger charge is -2.41. The number of nitrogens with one attached hydrogen (secondary N) is 1. The SMILES string of the molecule is CCC(=O)N1CCC(Cc2ccccc2)(C(=O)NCc2ccccc2)CC1. The van der Waals surface area contributed by atoms with Gasteiger partial charge in [0, 0.05) is 26.1 Å². The molecule has 2 aromatic rings. The molecule has 0 saturated carbocycles. The molecule has 2 amide bonds. The van der Waals surface area contributed by atoms with Crippen LogP contribution in [0.1, 0.15) is 37.3 Å². The second-order valence-corrected chi connectivity index (χ2v) is 7.35. The summed E-state index contributed by atoms with van der Waals surface area (Å²) in [5.74, 6) is 0.270. The molecule has 1 aliphatic rings. The van der Waals surface area contributed by atoms with Crippen LogP contribution in [-0.4, -0.2) is 29.8 Å². The van der Waals surface area contributed by atoms with E-state index >= 15 is 0 Å². The molecule has 1 saturated heterocycles. The minimum Gasteiger partial charge on any atom is -0.352 e. The Morgan fingerprint density at radius 1 is 0.926 bits per heavy atom. The quantitative estimate of drug-likeness (QED) is 0.852. The van der Waals surface area contributed by atoms with Crippen molar-refractivity contribution in [2.24, 2.45) is 5.41 Å². The topological polar surface area (TPSA) is 49.4 Å². The smallest absolute Gasteiger partial charge is 0.226 e. The molecule has 1 N–H and O–H groups in total. The zero-order valence-corrected chi connectivity index (χ0v) is 16.0. The molecule has 0 unspecified atom stereocenters. The molecule has 0 atom stereocenters. The van der Waals surface area contributed by atoms with Crippen molar-refractivity contribution in [3.05, 3.63) is 71.8 Å². The Hall–Kier alpha value is -2.62. The third-order valence-corrected chi connectivity index (χ3v) is 5.54. The normalized spacial score (nSPS) is 16.0. The highest BCUT2D eigenvalue weighted by Gasteiger charge is 2.41. The van der Waals surface area contributed by atoms with Gasteiger partial charge >= 0.3 is 0 Å². The van der Waals surface area contributed by atoms with E-state index in [-0.39, 0.29) is 11.8 Å². The second-order valence-electron chi connectivity index (χ2n) is 7.35. The van der Waals surface area contributed by atoms with E-state index in [9.17, 15) is 9.59 Å². The van der Waals surface area contributed by atoms with Gasteiger partial charge in [-0.1, -0.05) is 67.6 Å². The summed E-state index contributed by atoms with van der Waals surface area (Å²) in [4.78, 5) is 27.2. The number of piperidine rings is 1. The first-order valence-electron chi connectivity index (χ1n) is 9.77. The van der Waals surface area contributed by atoms with Gasteiger partial charge in [0.15, 0.2) is 0 Å². The molecular weight excluding hydrogens is 336 g/mol. The van der Waals surface area contributed by atoms with Crippen molar-refractivity contribution in [3.8, 4) is 0 Å². The number of hydrogen-bond donors (Lipinski definition) is 1. The van der Waals surface area contributed by atoms with Gasteiger partial charge in [-0.2, -0.15) is 0 Å². The Morgan fingerprint density at radius 3 is 2.04 bits per heavy atom. The lowest BCUT2D eigenvalue weighted by atomic mass is 9.73. The van der Waals surface area contributed by atoms with Gasteiger partial charge in [-0.15, -0.1) is 0 Å². The minimum atomic E-state index is -0.458. The first-order chi connectivity index (χ1) is 13.1. The van der Waals surface area contributed by atoms with E-state index in [1.165, 1.54) is 5.56 Å². The summed E-state index contributed by atoms with van der Waals surface area (Å²) < 4.78 is 0. The maximum atomic E-state index is 13.2. The first-order valence-corrected chi connectivity index (χ1v) is 9.77. The van der Waals surface area contributed by atoms with Gasteiger partial charge in [0.05, 0.1) is 5.41 Å². The molecule has 0 aromatic heterocycles. The van der Waals surface area contributed by atoms with Gasteiger partial charge in [-0.05, 0) is 30.4 Å². The van der Waals surface area contributed by atoms with Gasteiger partial charge in [0.1, 0.15) is 0 Å². The maximum absolute atomic E-state index is 13.2. The highest BCUT2D eigenvalue weighted by molar-refractivity contribution is 5.84. The van der Waals surface area contributed by atoms with Crippen LogP contribution in [-0.2, 0) is 22.6 Å². The molecular formula is C23H28N2O2. The molecule has 0 bridgehead atoms. The molecule has 4 heteroatoms. The number of amides is 2. The monoisotopic (exact) mass is 364 g/mol. The third-order valence-electron chi connectivity index (χ3n) is 5.54. The molecule has 0 radical (unpaired) electrons. The standard InChI is InChI=1S/C23H28N2O2/c1-2-21(26)25-15-13-23(14-16-25,17-19-9-5-3-6-10-19)22(27)24-18-20-11-7-4-8-12-20/h3-12H,2,13-18H2,1H3,(H,24,27). The predicted octanol–water partition coefficient (Wildman–Crippen LogP) is 3.56. The number of rotatable bonds is 6. The van der Waals surface area contributed by atoms with Crippen molar-refractivity contribution in [2.75, 3.05) is 13.1 Å². The van der Waals surface area contributed by atoms with Crippen molar-refractivity contribution in [1.29, 1.82) is 0 Å². The molecule has 1 heterocycles. The molecule has 4 nitrogen and oxygen atoms in total. The van der Waals surface area contributed by atoms with Crippen LogP contribution in [0, 0.1) is 5.41 Å². The molecule has 0 spiro atoms. The summed E-state index contributed by atoms with van der Waals surface area (Å²) in [6, 6.07) is 20.2. The number of nitrogens with zero attached hydrogens (tertiary/aromatic N) is 1. The van der Waals surface area contributed by atoms with Gasteiger partial charge < -0.3 is 10.2 Å². The largest absolute Gasteiger partial charge is 0.352 e. The van der Waals surface area contributed by atoms with Crippen LogP contribution < -0.4 is 5.32 Å². The molecule has 1 aliphatic heterocycles. The fraction of sp³-hybridized carbons (Fsp3) is 0.391. The van der Waals surface area contributed by atoms with Crippen molar-refractivity contribution in [1.82, 2.24) is 10.2 Å². The Balaban J connectivity index is 1.73. The summed E-state index contributed by atoms with van der Waals surface area (Å²) >= 11 is 0. The zero-order valence-electron chi connectivity index (χ0n) is 16.0. The molecule has 3 rings (SSSR count). The van der Waals surface area contributed by atoms with Crippen LogP contribution in [0.15, 0.2) is 60.7 Å². The third kappa shape index (κ3) is 4.76. The number of hydrogen-bond acceptors (Lipinski definition) is 2. The van der Waals surface area contributed by atoms with Gasteiger partial charge in [0.2, 0.25) is 11.8 Å². The van der Waals surface area contributed by atoms with Crippen molar-refractivity contribution >= 4 is 11.8 Å². The Bertz CT molecular complexity index is 750. The molecule has 27 heavy (non-hydrogen) atoms. The van der Waals surface area contributed by atoms with Crippen LogP contribution in [0.2, 0.25) is 0 Å². The Labute approximate surface area is 161 Å². The fourth-order valence-corrected chi connectivity index (χ4v) is 3.84. The second kappa shape index (κ2) is 8.85. The molecule has 2 aromatic carbocycles. The Morgan fingerprint density at radius 2 is 1.48 bits per heavy atom. The fourth-order valence-electron chi connectivity index (χ4n) is 3.84. The summed E-state index contributed by atoms with van der Waals surface area (Å²) in [5, 5.41) is 3.15. The van der Waals surface area contributed by atoms with E-state index in [2.05, 4.69) is 17.4 Å². The van der Waals surface area contributed by atoms with Crippen LogP contribution in [0.5, 0.6) is 0 Å². The highest BCUT2D eigenvalue weighted by atomic mass is 16.2. The van der Waals surface area contributed by atoms with E-state index in [0.717, 1.165) is 5.56 Å². The average molecular weight is 364 g/mol. The first kappa shape index (κ1) is 19.2. The van der Waals surface area contributed by atoms with E-state index in [1.807, 2.05) is 60.4 Å². The van der Waals surface area contributed by atoms with E-state index in [4.69, 9.17) is 0 Å². The average Bonchev–Trinajstić information content (AvgIpc) is 2.73. The van der Waals surface area contributed by atoms with E-state index < -0.39 is 5.41 Å². The number of carbonyl (C=O) groups excluding carboxylic acids is 2. The number of likely N-dealkylation sites (tertiary alicyclic amines) is 1. The van der Waals surface area contributed by atoms with E-state index in [1.54, 1.807) is 0 Å². The van der Waals surface area contributed by atoms with Crippen LogP contribution in [0.3, 0.4) is 0 Å². The summed E-state index contributed by atoms with van der Waals surface area (Å²) in [7, 11) is 0. The molecule has 142 valence electrons. The van der Waals surface area contributed by atoms with Gasteiger partial charge in [0.25, 0.3) is 0 Å². The van der Waals surface area contributed by atoms with Gasteiger partial charge in [-0.3, -0.25) is 9.59 Å². The van der Waals surface area contributed by atoms with Crippen molar-refractivity contribution < 1.29 is 9.59 Å². The van der Waals surface area contributed by atoms with Crippen molar-refractivity contribution in [2.45, 2.75) is 39.2 Å². The van der Waals surface area contributed by atoms with Crippen LogP contribution >= 0.6 is 0 Å². The van der Waals surface area contributed by atoms with E-state index in [0.29, 0.717) is 45.3 Å². The van der Waals surface area contributed by atoms with Crippen LogP contribution in [0.25, 0.3) is 0 Å². The molecule has 0 aliphatic carbocycles. The number of carbonyl (C=O) groups is 2. The lowest BCUT2D eigenvalue weighted by molar-refractivity contribution is -0.140. The summed E-state index contributed by atoms with van der Waals surface area (Å²) in [6.07, 6.45) is 2.64.